The molecule has 22 heavy (non-hydrogen) atoms. The van der Waals surface area contributed by atoms with Gasteiger partial charge in [0.05, 0.1) is 17.1 Å². The van der Waals surface area contributed by atoms with E-state index < -0.39 is 24.3 Å². The number of aromatic hydroxyl groups is 1. The number of benzene rings is 2. The van der Waals surface area contributed by atoms with Gasteiger partial charge in [-0.05, 0) is 44.5 Å². The minimum Gasteiger partial charge on any atom is -0.508 e. The van der Waals surface area contributed by atoms with Crippen molar-refractivity contribution < 1.29 is 14.4 Å². The Hall–Kier alpha value is -1.56. The highest BCUT2D eigenvalue weighted by atomic mass is 16.7. The molecule has 0 spiro atoms. The summed E-state index contributed by atoms with van der Waals surface area (Å²) in [5, 5.41) is 12.3. The molecule has 2 aromatic rings. The molecule has 4 nitrogen and oxygen atoms in total. The summed E-state index contributed by atoms with van der Waals surface area (Å²) in [6.45, 7) is 7.96. The maximum absolute atomic E-state index is 10.3. The monoisotopic (exact) mass is 299 g/mol. The predicted octanol–water partition coefficient (Wildman–Crippen LogP) is 3.18. The normalized spacial score (nSPS) is 21.2. The van der Waals surface area contributed by atoms with Crippen molar-refractivity contribution in [2.75, 3.05) is 0 Å². The van der Waals surface area contributed by atoms with Crippen molar-refractivity contribution in [3.05, 3.63) is 42.0 Å². The van der Waals surface area contributed by atoms with Gasteiger partial charge < -0.3 is 20.1 Å². The average molecular weight is 299 g/mol. The Morgan fingerprint density at radius 1 is 1.00 bits per heavy atom. The second-order valence-electron chi connectivity index (χ2n) is 6.87. The molecule has 0 radical (unpaired) electrons. The Kier molecular flexibility index (Phi) is 3.47. The smallest absolute Gasteiger partial charge is 0.480 e. The number of hydrogen-bond donors (Lipinski definition) is 2. The fourth-order valence-electron chi connectivity index (χ4n) is 2.81. The molecule has 1 atom stereocenters. The lowest BCUT2D eigenvalue weighted by atomic mass is 9.73. The van der Waals surface area contributed by atoms with Crippen LogP contribution in [0.2, 0.25) is 0 Å². The van der Waals surface area contributed by atoms with Crippen LogP contribution in [0.4, 0.5) is 0 Å². The highest BCUT2D eigenvalue weighted by molar-refractivity contribution is 6.47. The SMILES string of the molecule is CC1(C)OB([C@H](N)c2c(O)ccc3ccccc23)OC1(C)C. The van der Waals surface area contributed by atoms with Gasteiger partial charge in [0.15, 0.2) is 0 Å². The minimum absolute atomic E-state index is 0.168. The Bertz CT molecular complexity index is 698. The van der Waals surface area contributed by atoms with E-state index in [1.807, 2.05) is 58.0 Å². The summed E-state index contributed by atoms with van der Waals surface area (Å²) in [5.41, 5.74) is 6.17. The average Bonchev–Trinajstić information content (AvgIpc) is 2.67. The predicted molar refractivity (Wildman–Crippen MR) is 88.6 cm³/mol. The van der Waals surface area contributed by atoms with Gasteiger partial charge in [-0.3, -0.25) is 0 Å². The molecule has 1 aliphatic rings. The first-order valence-electron chi connectivity index (χ1n) is 7.55. The van der Waals surface area contributed by atoms with Gasteiger partial charge in [-0.25, -0.2) is 0 Å². The minimum atomic E-state index is -0.596. The Labute approximate surface area is 131 Å². The fraction of sp³-hybridized carbons (Fsp3) is 0.412. The summed E-state index contributed by atoms with van der Waals surface area (Å²) in [6.07, 6.45) is 0. The molecule has 2 aromatic carbocycles. The molecule has 0 unspecified atom stereocenters. The van der Waals surface area contributed by atoms with E-state index >= 15 is 0 Å². The summed E-state index contributed by atoms with van der Waals surface area (Å²) < 4.78 is 12.1. The maximum atomic E-state index is 10.3. The van der Waals surface area contributed by atoms with Crippen molar-refractivity contribution in [2.45, 2.75) is 44.8 Å². The van der Waals surface area contributed by atoms with Gasteiger partial charge in [0.2, 0.25) is 0 Å². The standard InChI is InChI=1S/C17H22BNO3/c1-16(2)17(3,4)22-18(21-16)15(19)14-12-8-6-5-7-11(12)9-10-13(14)20/h5-10,15,20H,19H2,1-4H3/t15-/m1/s1. The number of rotatable bonds is 2. The summed E-state index contributed by atoms with van der Waals surface area (Å²) in [7, 11) is -0.596. The number of nitrogens with two attached hydrogens (primary N) is 1. The Balaban J connectivity index is 2.04. The molecule has 3 N–H and O–H groups in total. The maximum Gasteiger partial charge on any atom is 0.480 e. The van der Waals surface area contributed by atoms with E-state index in [1.165, 1.54) is 0 Å². The third-order valence-electron chi connectivity index (χ3n) is 4.85. The van der Waals surface area contributed by atoms with Gasteiger partial charge in [-0.15, -0.1) is 0 Å². The first-order chi connectivity index (χ1) is 10.2. The lowest BCUT2D eigenvalue weighted by Gasteiger charge is -2.32. The van der Waals surface area contributed by atoms with Crippen LogP contribution >= 0.6 is 0 Å². The third-order valence-corrected chi connectivity index (χ3v) is 4.85. The first kappa shape index (κ1) is 15.3. The lowest BCUT2D eigenvalue weighted by Crippen LogP contribution is -2.41. The van der Waals surface area contributed by atoms with Crippen molar-refractivity contribution in [1.29, 1.82) is 0 Å². The lowest BCUT2D eigenvalue weighted by molar-refractivity contribution is 0.00578. The summed E-state index contributed by atoms with van der Waals surface area (Å²) in [5.74, 6) is -0.395. The van der Waals surface area contributed by atoms with Crippen LogP contribution in [0.3, 0.4) is 0 Å². The van der Waals surface area contributed by atoms with E-state index in [9.17, 15) is 5.11 Å². The van der Waals surface area contributed by atoms with E-state index in [4.69, 9.17) is 15.0 Å². The summed E-state index contributed by atoms with van der Waals surface area (Å²) in [6, 6.07) is 11.4. The van der Waals surface area contributed by atoms with Crippen LogP contribution in [0, 0.1) is 0 Å². The highest BCUT2D eigenvalue weighted by Crippen LogP contribution is 2.42. The van der Waals surface area contributed by atoms with Crippen LogP contribution in [0.25, 0.3) is 10.8 Å². The zero-order valence-electron chi connectivity index (χ0n) is 13.5. The Morgan fingerprint density at radius 2 is 1.59 bits per heavy atom. The van der Waals surface area contributed by atoms with Crippen molar-refractivity contribution in [1.82, 2.24) is 0 Å². The van der Waals surface area contributed by atoms with Crippen molar-refractivity contribution >= 4 is 17.9 Å². The molecule has 1 aliphatic heterocycles. The van der Waals surface area contributed by atoms with Crippen LogP contribution in [0.1, 0.15) is 39.2 Å². The van der Waals surface area contributed by atoms with Crippen LogP contribution in [0.5, 0.6) is 5.75 Å². The highest BCUT2D eigenvalue weighted by Gasteiger charge is 2.53. The van der Waals surface area contributed by atoms with Gasteiger partial charge in [0.25, 0.3) is 0 Å². The second kappa shape index (κ2) is 4.98. The number of phenolic OH excluding ortho intramolecular Hbond substituents is 1. The van der Waals surface area contributed by atoms with Crippen molar-refractivity contribution in [3.63, 3.8) is 0 Å². The summed E-state index contributed by atoms with van der Waals surface area (Å²) >= 11 is 0. The van der Waals surface area contributed by atoms with Crippen molar-refractivity contribution in [2.24, 2.45) is 5.73 Å². The largest absolute Gasteiger partial charge is 0.508 e. The molecule has 1 saturated heterocycles. The van der Waals surface area contributed by atoms with E-state index in [-0.39, 0.29) is 5.75 Å². The number of phenols is 1. The van der Waals surface area contributed by atoms with Gasteiger partial charge in [-0.2, -0.15) is 0 Å². The van der Waals surface area contributed by atoms with E-state index in [0.29, 0.717) is 5.56 Å². The van der Waals surface area contributed by atoms with E-state index in [1.54, 1.807) is 6.07 Å². The van der Waals surface area contributed by atoms with Crippen LogP contribution in [-0.4, -0.2) is 23.4 Å². The van der Waals surface area contributed by atoms with Crippen molar-refractivity contribution in [3.8, 4) is 5.75 Å². The third kappa shape index (κ3) is 2.30. The number of hydrogen-bond acceptors (Lipinski definition) is 4. The Morgan fingerprint density at radius 3 is 2.23 bits per heavy atom. The molecule has 0 bridgehead atoms. The van der Waals surface area contributed by atoms with E-state index in [2.05, 4.69) is 0 Å². The van der Waals surface area contributed by atoms with Crippen LogP contribution in [0.15, 0.2) is 36.4 Å². The quantitative estimate of drug-likeness (QED) is 0.836. The first-order valence-corrected chi connectivity index (χ1v) is 7.55. The van der Waals surface area contributed by atoms with Gasteiger partial charge >= 0.3 is 7.12 Å². The molecule has 0 amide bonds. The molecule has 1 heterocycles. The molecular weight excluding hydrogens is 277 g/mol. The molecule has 116 valence electrons. The number of fused-ring (bicyclic) bond motifs is 1. The fourth-order valence-corrected chi connectivity index (χ4v) is 2.81. The molecule has 0 saturated carbocycles. The molecule has 1 fully saturated rings. The van der Waals surface area contributed by atoms with Gasteiger partial charge in [0, 0.05) is 5.56 Å². The van der Waals surface area contributed by atoms with Gasteiger partial charge in [-0.1, -0.05) is 30.3 Å². The molecule has 5 heteroatoms. The second-order valence-corrected chi connectivity index (χ2v) is 6.87. The van der Waals surface area contributed by atoms with Crippen LogP contribution < -0.4 is 5.73 Å². The zero-order chi connectivity index (χ0) is 16.1. The van der Waals surface area contributed by atoms with Crippen LogP contribution in [-0.2, 0) is 9.31 Å². The zero-order valence-corrected chi connectivity index (χ0v) is 13.5. The molecule has 0 aromatic heterocycles. The van der Waals surface area contributed by atoms with E-state index in [0.717, 1.165) is 10.8 Å². The van der Waals surface area contributed by atoms with Gasteiger partial charge in [0.1, 0.15) is 5.75 Å². The molecule has 0 aliphatic carbocycles. The topological polar surface area (TPSA) is 64.7 Å². The molecule has 3 rings (SSSR count). The molecular formula is C17H22BNO3. The summed E-state index contributed by atoms with van der Waals surface area (Å²) in [4.78, 5) is 0.